The van der Waals surface area contributed by atoms with Crippen LogP contribution >= 0.6 is 0 Å². The SMILES string of the molecule is CCOC(=O)C1CCCC(OC)C1. The molecule has 0 radical (unpaired) electrons. The van der Waals surface area contributed by atoms with E-state index in [-0.39, 0.29) is 18.0 Å². The molecule has 0 aromatic rings. The molecule has 2 atom stereocenters. The first-order chi connectivity index (χ1) is 6.27. The highest BCUT2D eigenvalue weighted by Gasteiger charge is 2.27. The second-order valence-corrected chi connectivity index (χ2v) is 3.47. The van der Waals surface area contributed by atoms with Crippen molar-refractivity contribution in [2.75, 3.05) is 13.7 Å². The van der Waals surface area contributed by atoms with Crippen molar-refractivity contribution in [3.05, 3.63) is 0 Å². The highest BCUT2D eigenvalue weighted by molar-refractivity contribution is 5.72. The van der Waals surface area contributed by atoms with Crippen LogP contribution in [0.5, 0.6) is 0 Å². The molecule has 0 aliphatic heterocycles. The molecule has 1 rings (SSSR count). The fourth-order valence-corrected chi connectivity index (χ4v) is 1.83. The van der Waals surface area contributed by atoms with Gasteiger partial charge in [-0.1, -0.05) is 6.42 Å². The molecule has 1 aliphatic carbocycles. The van der Waals surface area contributed by atoms with Crippen molar-refractivity contribution in [2.24, 2.45) is 5.92 Å². The average molecular weight is 186 g/mol. The molecule has 0 spiro atoms. The van der Waals surface area contributed by atoms with Crippen LogP contribution in [0.2, 0.25) is 0 Å². The van der Waals surface area contributed by atoms with E-state index < -0.39 is 0 Å². The van der Waals surface area contributed by atoms with E-state index in [9.17, 15) is 4.79 Å². The Hall–Kier alpha value is -0.570. The zero-order chi connectivity index (χ0) is 9.68. The lowest BCUT2D eigenvalue weighted by Gasteiger charge is -2.26. The minimum absolute atomic E-state index is 0.0516. The van der Waals surface area contributed by atoms with Gasteiger partial charge in [-0.25, -0.2) is 0 Å². The summed E-state index contributed by atoms with van der Waals surface area (Å²) in [5, 5.41) is 0. The number of hydrogen-bond acceptors (Lipinski definition) is 3. The van der Waals surface area contributed by atoms with Crippen LogP contribution in [-0.4, -0.2) is 25.8 Å². The van der Waals surface area contributed by atoms with Gasteiger partial charge >= 0.3 is 5.97 Å². The topological polar surface area (TPSA) is 35.5 Å². The van der Waals surface area contributed by atoms with Gasteiger partial charge in [0.1, 0.15) is 0 Å². The molecule has 0 bridgehead atoms. The molecule has 0 saturated heterocycles. The Balaban J connectivity index is 2.37. The van der Waals surface area contributed by atoms with Crippen molar-refractivity contribution in [3.63, 3.8) is 0 Å². The molecule has 0 aromatic carbocycles. The third-order valence-corrected chi connectivity index (χ3v) is 2.58. The molecular weight excluding hydrogens is 168 g/mol. The quantitative estimate of drug-likeness (QED) is 0.630. The summed E-state index contributed by atoms with van der Waals surface area (Å²) in [5.41, 5.74) is 0. The second-order valence-electron chi connectivity index (χ2n) is 3.47. The van der Waals surface area contributed by atoms with Crippen LogP contribution in [0.1, 0.15) is 32.6 Å². The van der Waals surface area contributed by atoms with Gasteiger partial charge in [-0.15, -0.1) is 0 Å². The predicted octanol–water partition coefficient (Wildman–Crippen LogP) is 1.75. The summed E-state index contributed by atoms with van der Waals surface area (Å²) in [7, 11) is 1.71. The van der Waals surface area contributed by atoms with Gasteiger partial charge in [0.25, 0.3) is 0 Å². The first-order valence-electron chi connectivity index (χ1n) is 4.97. The summed E-state index contributed by atoms with van der Waals surface area (Å²) in [6.45, 7) is 2.32. The van der Waals surface area contributed by atoms with Crippen LogP contribution < -0.4 is 0 Å². The van der Waals surface area contributed by atoms with Gasteiger partial charge in [0.05, 0.1) is 18.6 Å². The Morgan fingerprint density at radius 1 is 1.46 bits per heavy atom. The van der Waals surface area contributed by atoms with Gasteiger partial charge in [0.15, 0.2) is 0 Å². The molecule has 1 fully saturated rings. The highest BCUT2D eigenvalue weighted by atomic mass is 16.5. The molecule has 1 aliphatic rings. The summed E-state index contributed by atoms with van der Waals surface area (Å²) < 4.78 is 10.2. The number of carbonyl (C=O) groups excluding carboxylic acids is 1. The zero-order valence-electron chi connectivity index (χ0n) is 8.41. The van der Waals surface area contributed by atoms with Gasteiger partial charge in [-0.05, 0) is 26.2 Å². The molecule has 3 heteroatoms. The summed E-state index contributed by atoms with van der Waals surface area (Å²) in [6, 6.07) is 0. The maximum atomic E-state index is 11.4. The lowest BCUT2D eigenvalue weighted by molar-refractivity contribution is -0.150. The second kappa shape index (κ2) is 5.22. The summed E-state index contributed by atoms with van der Waals surface area (Å²) in [5.74, 6) is 0.0166. The van der Waals surface area contributed by atoms with E-state index in [0.29, 0.717) is 6.61 Å². The third kappa shape index (κ3) is 2.99. The minimum atomic E-state index is -0.0516. The Morgan fingerprint density at radius 2 is 2.23 bits per heavy atom. The van der Waals surface area contributed by atoms with E-state index in [4.69, 9.17) is 9.47 Å². The van der Waals surface area contributed by atoms with E-state index in [1.165, 1.54) is 0 Å². The zero-order valence-corrected chi connectivity index (χ0v) is 8.41. The Bertz CT molecular complexity index is 168. The third-order valence-electron chi connectivity index (χ3n) is 2.58. The Morgan fingerprint density at radius 3 is 2.85 bits per heavy atom. The number of methoxy groups -OCH3 is 1. The lowest BCUT2D eigenvalue weighted by atomic mass is 9.87. The van der Waals surface area contributed by atoms with Gasteiger partial charge < -0.3 is 9.47 Å². The molecule has 2 unspecified atom stereocenters. The Labute approximate surface area is 79.4 Å². The number of rotatable bonds is 3. The summed E-state index contributed by atoms with van der Waals surface area (Å²) in [6.07, 6.45) is 4.19. The number of hydrogen-bond donors (Lipinski definition) is 0. The smallest absolute Gasteiger partial charge is 0.309 e. The summed E-state index contributed by atoms with van der Waals surface area (Å²) >= 11 is 0. The molecule has 0 amide bonds. The van der Waals surface area contributed by atoms with Crippen LogP contribution in [0.4, 0.5) is 0 Å². The molecular formula is C10H18O3. The molecule has 0 heterocycles. The number of carbonyl (C=O) groups is 1. The van der Waals surface area contributed by atoms with E-state index in [1.807, 2.05) is 6.92 Å². The fraction of sp³-hybridized carbons (Fsp3) is 0.900. The molecule has 0 aromatic heterocycles. The van der Waals surface area contributed by atoms with Crippen molar-refractivity contribution in [3.8, 4) is 0 Å². The van der Waals surface area contributed by atoms with Crippen molar-refractivity contribution >= 4 is 5.97 Å². The highest BCUT2D eigenvalue weighted by Crippen LogP contribution is 2.26. The van der Waals surface area contributed by atoms with E-state index >= 15 is 0 Å². The minimum Gasteiger partial charge on any atom is -0.466 e. The van der Waals surface area contributed by atoms with E-state index in [0.717, 1.165) is 25.7 Å². The van der Waals surface area contributed by atoms with Crippen molar-refractivity contribution in [1.82, 2.24) is 0 Å². The van der Waals surface area contributed by atoms with Gasteiger partial charge in [0, 0.05) is 7.11 Å². The van der Waals surface area contributed by atoms with E-state index in [2.05, 4.69) is 0 Å². The van der Waals surface area contributed by atoms with E-state index in [1.54, 1.807) is 7.11 Å². The standard InChI is InChI=1S/C10H18O3/c1-3-13-10(11)8-5-4-6-9(7-8)12-2/h8-9H,3-7H2,1-2H3. The van der Waals surface area contributed by atoms with Gasteiger partial charge in [-0.2, -0.15) is 0 Å². The maximum Gasteiger partial charge on any atom is 0.309 e. The monoisotopic (exact) mass is 186 g/mol. The molecule has 0 N–H and O–H groups in total. The van der Waals surface area contributed by atoms with Crippen molar-refractivity contribution in [2.45, 2.75) is 38.7 Å². The first kappa shape index (κ1) is 10.5. The van der Waals surface area contributed by atoms with Crippen molar-refractivity contribution < 1.29 is 14.3 Å². The van der Waals surface area contributed by atoms with Crippen LogP contribution in [-0.2, 0) is 14.3 Å². The molecule has 3 nitrogen and oxygen atoms in total. The number of ether oxygens (including phenoxy) is 2. The van der Waals surface area contributed by atoms with Crippen LogP contribution in [0.15, 0.2) is 0 Å². The largest absolute Gasteiger partial charge is 0.466 e. The number of esters is 1. The Kier molecular flexibility index (Phi) is 4.22. The molecule has 1 saturated carbocycles. The van der Waals surface area contributed by atoms with Gasteiger partial charge in [0.2, 0.25) is 0 Å². The van der Waals surface area contributed by atoms with Crippen LogP contribution in [0, 0.1) is 5.92 Å². The normalized spacial score (nSPS) is 28.5. The van der Waals surface area contributed by atoms with Crippen LogP contribution in [0.3, 0.4) is 0 Å². The van der Waals surface area contributed by atoms with Crippen molar-refractivity contribution in [1.29, 1.82) is 0 Å². The summed E-state index contributed by atoms with van der Waals surface area (Å²) in [4.78, 5) is 11.4. The van der Waals surface area contributed by atoms with Crippen LogP contribution in [0.25, 0.3) is 0 Å². The fourth-order valence-electron chi connectivity index (χ4n) is 1.83. The molecule has 13 heavy (non-hydrogen) atoms. The first-order valence-corrected chi connectivity index (χ1v) is 4.97. The van der Waals surface area contributed by atoms with Gasteiger partial charge in [-0.3, -0.25) is 4.79 Å². The molecule has 76 valence electrons. The maximum absolute atomic E-state index is 11.4. The average Bonchev–Trinajstić information content (AvgIpc) is 2.18. The predicted molar refractivity (Wildman–Crippen MR) is 49.4 cm³/mol. The lowest BCUT2D eigenvalue weighted by Crippen LogP contribution is -2.28.